The molecule has 0 aromatic heterocycles. The lowest BCUT2D eigenvalue weighted by molar-refractivity contribution is 0.106. The largest absolute Gasteiger partial charge is 0.491 e. The van der Waals surface area contributed by atoms with Crippen LogP contribution < -0.4 is 15.8 Å². The van der Waals surface area contributed by atoms with Gasteiger partial charge in [0.05, 0.1) is 0 Å². The van der Waals surface area contributed by atoms with Gasteiger partial charge in [0.15, 0.2) is 0 Å². The summed E-state index contributed by atoms with van der Waals surface area (Å²) in [6.07, 6.45) is -0.512. The molecule has 1 unspecified atom stereocenters. The van der Waals surface area contributed by atoms with E-state index in [1.54, 1.807) is 0 Å². The van der Waals surface area contributed by atoms with E-state index in [0.717, 1.165) is 11.3 Å². The number of ether oxygens (including phenoxy) is 1. The number of hydrogen-bond donors (Lipinski definition) is 3. The summed E-state index contributed by atoms with van der Waals surface area (Å²) >= 11 is 0. The molecule has 4 heteroatoms. The zero-order chi connectivity index (χ0) is 12.7. The monoisotopic (exact) mass is 238 g/mol. The second-order valence-electron chi connectivity index (χ2n) is 4.23. The normalized spacial score (nSPS) is 12.5. The molecule has 0 fully saturated rings. The van der Waals surface area contributed by atoms with Gasteiger partial charge >= 0.3 is 0 Å². The highest BCUT2D eigenvalue weighted by Gasteiger charge is 2.06. The van der Waals surface area contributed by atoms with Crippen molar-refractivity contribution in [1.29, 1.82) is 0 Å². The fourth-order valence-corrected chi connectivity index (χ4v) is 1.58. The van der Waals surface area contributed by atoms with Gasteiger partial charge in [-0.25, -0.2) is 0 Å². The van der Waals surface area contributed by atoms with Crippen LogP contribution in [-0.4, -0.2) is 37.5 Å². The maximum absolute atomic E-state index is 9.65. The number of nitrogens with two attached hydrogens (primary N) is 1. The van der Waals surface area contributed by atoms with Crippen molar-refractivity contribution in [1.82, 2.24) is 5.32 Å². The van der Waals surface area contributed by atoms with Crippen LogP contribution in [0.1, 0.15) is 11.1 Å². The predicted molar refractivity (Wildman–Crippen MR) is 69.3 cm³/mol. The number of aryl methyl sites for hydroxylation is 2. The Morgan fingerprint density at radius 3 is 2.82 bits per heavy atom. The van der Waals surface area contributed by atoms with E-state index in [9.17, 15) is 5.11 Å². The van der Waals surface area contributed by atoms with Gasteiger partial charge in [-0.15, -0.1) is 0 Å². The second-order valence-corrected chi connectivity index (χ2v) is 4.23. The topological polar surface area (TPSA) is 67.5 Å². The van der Waals surface area contributed by atoms with Crippen LogP contribution in [0.25, 0.3) is 0 Å². The smallest absolute Gasteiger partial charge is 0.122 e. The molecular formula is C13H22N2O2. The van der Waals surface area contributed by atoms with Gasteiger partial charge in [0.2, 0.25) is 0 Å². The van der Waals surface area contributed by atoms with E-state index in [2.05, 4.69) is 11.4 Å². The number of rotatable bonds is 7. The SMILES string of the molecule is Cc1ccc(OCC(O)CNCCN)c(C)c1. The van der Waals surface area contributed by atoms with Crippen molar-refractivity contribution in [3.8, 4) is 5.75 Å². The standard InChI is InChI=1S/C13H22N2O2/c1-10-3-4-13(11(2)7-10)17-9-12(16)8-15-6-5-14/h3-4,7,12,15-16H,5-6,8-9,14H2,1-2H3. The summed E-state index contributed by atoms with van der Waals surface area (Å²) in [7, 11) is 0. The lowest BCUT2D eigenvalue weighted by Crippen LogP contribution is -2.34. The molecule has 0 aliphatic heterocycles. The van der Waals surface area contributed by atoms with Crippen LogP contribution >= 0.6 is 0 Å². The van der Waals surface area contributed by atoms with Gasteiger partial charge in [0.1, 0.15) is 18.5 Å². The molecule has 0 radical (unpaired) electrons. The minimum absolute atomic E-state index is 0.293. The number of hydrogen-bond acceptors (Lipinski definition) is 4. The first kappa shape index (κ1) is 14.0. The van der Waals surface area contributed by atoms with Crippen LogP contribution in [0.2, 0.25) is 0 Å². The number of aliphatic hydroxyl groups excluding tert-OH is 1. The van der Waals surface area contributed by atoms with Gasteiger partial charge in [-0.05, 0) is 25.5 Å². The van der Waals surface area contributed by atoms with Crippen molar-refractivity contribution in [3.05, 3.63) is 29.3 Å². The van der Waals surface area contributed by atoms with Crippen molar-refractivity contribution >= 4 is 0 Å². The van der Waals surface area contributed by atoms with Gasteiger partial charge in [0.25, 0.3) is 0 Å². The van der Waals surface area contributed by atoms with Gasteiger partial charge in [0, 0.05) is 19.6 Å². The van der Waals surface area contributed by atoms with Crippen LogP contribution in [0.4, 0.5) is 0 Å². The Balaban J connectivity index is 2.34. The molecule has 1 aromatic rings. The highest BCUT2D eigenvalue weighted by Crippen LogP contribution is 2.18. The highest BCUT2D eigenvalue weighted by atomic mass is 16.5. The molecular weight excluding hydrogens is 216 g/mol. The maximum atomic E-state index is 9.65. The Morgan fingerprint density at radius 1 is 1.41 bits per heavy atom. The molecule has 0 aliphatic carbocycles. The molecule has 17 heavy (non-hydrogen) atoms. The van der Waals surface area contributed by atoms with Crippen LogP contribution in [-0.2, 0) is 0 Å². The lowest BCUT2D eigenvalue weighted by Gasteiger charge is -2.14. The van der Waals surface area contributed by atoms with Gasteiger partial charge in [-0.3, -0.25) is 0 Å². The Morgan fingerprint density at radius 2 is 2.18 bits per heavy atom. The highest BCUT2D eigenvalue weighted by molar-refractivity contribution is 5.35. The van der Waals surface area contributed by atoms with E-state index in [4.69, 9.17) is 10.5 Å². The van der Waals surface area contributed by atoms with Crippen molar-refractivity contribution in [2.45, 2.75) is 20.0 Å². The minimum atomic E-state index is -0.512. The average molecular weight is 238 g/mol. The molecule has 0 aliphatic rings. The summed E-state index contributed by atoms with van der Waals surface area (Å²) < 4.78 is 5.56. The molecule has 0 amide bonds. The summed E-state index contributed by atoms with van der Waals surface area (Å²) in [5.74, 6) is 0.827. The third kappa shape index (κ3) is 5.17. The Labute approximate surface area is 103 Å². The average Bonchev–Trinajstić information content (AvgIpc) is 2.28. The fraction of sp³-hybridized carbons (Fsp3) is 0.538. The molecule has 0 saturated carbocycles. The molecule has 0 saturated heterocycles. The maximum Gasteiger partial charge on any atom is 0.122 e. The Hall–Kier alpha value is -1.10. The summed E-state index contributed by atoms with van der Waals surface area (Å²) in [5, 5.41) is 12.7. The van der Waals surface area contributed by atoms with Gasteiger partial charge < -0.3 is 20.9 Å². The zero-order valence-electron chi connectivity index (χ0n) is 10.6. The second kappa shape index (κ2) is 7.27. The van der Waals surface area contributed by atoms with Crippen molar-refractivity contribution in [2.75, 3.05) is 26.2 Å². The third-order valence-corrected chi connectivity index (χ3v) is 2.46. The predicted octanol–water partition coefficient (Wildman–Crippen LogP) is 0.591. The first-order valence-electron chi connectivity index (χ1n) is 5.92. The quantitative estimate of drug-likeness (QED) is 0.608. The number of nitrogens with one attached hydrogen (secondary N) is 1. The van der Waals surface area contributed by atoms with Gasteiger partial charge in [-0.2, -0.15) is 0 Å². The van der Waals surface area contributed by atoms with E-state index in [1.807, 2.05) is 26.0 Å². The third-order valence-electron chi connectivity index (χ3n) is 2.46. The van der Waals surface area contributed by atoms with E-state index >= 15 is 0 Å². The molecule has 4 nitrogen and oxygen atoms in total. The molecule has 96 valence electrons. The van der Waals surface area contributed by atoms with Crippen LogP contribution in [0.3, 0.4) is 0 Å². The molecule has 1 rings (SSSR count). The summed E-state index contributed by atoms with van der Waals surface area (Å²) in [6.45, 7) is 6.12. The first-order chi connectivity index (χ1) is 8.13. The number of aliphatic hydroxyl groups is 1. The van der Waals surface area contributed by atoms with Crippen molar-refractivity contribution in [3.63, 3.8) is 0 Å². The zero-order valence-corrected chi connectivity index (χ0v) is 10.6. The van der Waals surface area contributed by atoms with E-state index < -0.39 is 6.10 Å². The summed E-state index contributed by atoms with van der Waals surface area (Å²) in [4.78, 5) is 0. The lowest BCUT2D eigenvalue weighted by atomic mass is 10.1. The van der Waals surface area contributed by atoms with Crippen molar-refractivity contribution in [2.24, 2.45) is 5.73 Å². The van der Waals surface area contributed by atoms with E-state index in [0.29, 0.717) is 26.2 Å². The molecule has 0 bridgehead atoms. The van der Waals surface area contributed by atoms with Gasteiger partial charge in [-0.1, -0.05) is 17.7 Å². The fourth-order valence-electron chi connectivity index (χ4n) is 1.58. The summed E-state index contributed by atoms with van der Waals surface area (Å²) in [6, 6.07) is 6.00. The Kier molecular flexibility index (Phi) is 5.97. The Bertz CT molecular complexity index is 342. The van der Waals surface area contributed by atoms with Crippen molar-refractivity contribution < 1.29 is 9.84 Å². The molecule has 1 atom stereocenters. The summed E-state index contributed by atoms with van der Waals surface area (Å²) in [5.41, 5.74) is 7.64. The first-order valence-corrected chi connectivity index (χ1v) is 5.92. The van der Waals surface area contributed by atoms with E-state index in [-0.39, 0.29) is 0 Å². The molecule has 1 aromatic carbocycles. The van der Waals surface area contributed by atoms with E-state index in [1.165, 1.54) is 5.56 Å². The van der Waals surface area contributed by atoms with Crippen LogP contribution in [0, 0.1) is 13.8 Å². The van der Waals surface area contributed by atoms with Crippen LogP contribution in [0.15, 0.2) is 18.2 Å². The number of benzene rings is 1. The molecule has 0 heterocycles. The minimum Gasteiger partial charge on any atom is -0.491 e. The molecule has 4 N–H and O–H groups in total. The molecule has 0 spiro atoms. The van der Waals surface area contributed by atoms with Crippen LogP contribution in [0.5, 0.6) is 5.75 Å².